The molecule has 2 amide bonds. The number of methoxy groups -OCH3 is 1. The summed E-state index contributed by atoms with van der Waals surface area (Å²) in [4.78, 5) is 25.1. The van der Waals surface area contributed by atoms with Crippen LogP contribution in [0.3, 0.4) is 0 Å². The zero-order valence-corrected chi connectivity index (χ0v) is 21.3. The van der Waals surface area contributed by atoms with E-state index in [1.165, 1.54) is 13.2 Å². The summed E-state index contributed by atoms with van der Waals surface area (Å²) >= 11 is 0. The van der Waals surface area contributed by atoms with Crippen molar-refractivity contribution in [3.63, 3.8) is 0 Å². The van der Waals surface area contributed by atoms with Crippen molar-refractivity contribution in [1.82, 2.24) is 0 Å². The van der Waals surface area contributed by atoms with Crippen LogP contribution in [0.25, 0.3) is 6.08 Å². The standard InChI is InChI=1S/C29H29N3O5/c1-5-36-27-16-21(15-22(17-30)29(34)32-23-12-10-19(2)14-20(23)3)11-13-26(27)37-18-28(33)31-24-8-6-7-9-25(24)35-4/h6-16H,5,18H2,1-4H3,(H,31,33)(H,32,34)/b22-15-. The molecule has 0 radical (unpaired) electrons. The van der Waals surface area contributed by atoms with Crippen LogP contribution >= 0.6 is 0 Å². The molecule has 190 valence electrons. The van der Waals surface area contributed by atoms with Crippen LogP contribution in [0.1, 0.15) is 23.6 Å². The Labute approximate surface area is 216 Å². The molecule has 0 atom stereocenters. The van der Waals surface area contributed by atoms with E-state index in [0.29, 0.717) is 40.8 Å². The average molecular weight is 500 g/mol. The molecular weight excluding hydrogens is 470 g/mol. The molecule has 0 aliphatic rings. The zero-order chi connectivity index (χ0) is 26.8. The van der Waals surface area contributed by atoms with Crippen molar-refractivity contribution in [3.05, 3.63) is 82.9 Å². The number of hydrogen-bond donors (Lipinski definition) is 2. The van der Waals surface area contributed by atoms with Crippen LogP contribution in [0.15, 0.2) is 66.2 Å². The lowest BCUT2D eigenvalue weighted by Crippen LogP contribution is -2.20. The number of nitrogens with zero attached hydrogens (tertiary/aromatic N) is 1. The van der Waals surface area contributed by atoms with Crippen molar-refractivity contribution in [2.45, 2.75) is 20.8 Å². The first-order valence-electron chi connectivity index (χ1n) is 11.7. The van der Waals surface area contributed by atoms with E-state index in [1.54, 1.807) is 48.5 Å². The van der Waals surface area contributed by atoms with Gasteiger partial charge in [-0.15, -0.1) is 0 Å². The fraction of sp³-hybridized carbons (Fsp3) is 0.207. The average Bonchev–Trinajstić information content (AvgIpc) is 2.88. The predicted molar refractivity (Wildman–Crippen MR) is 143 cm³/mol. The molecule has 8 nitrogen and oxygen atoms in total. The van der Waals surface area contributed by atoms with E-state index >= 15 is 0 Å². The lowest BCUT2D eigenvalue weighted by atomic mass is 10.1. The summed E-state index contributed by atoms with van der Waals surface area (Å²) in [5.74, 6) is 0.393. The molecule has 3 aromatic carbocycles. The van der Waals surface area contributed by atoms with Crippen LogP contribution in [0, 0.1) is 25.2 Å². The summed E-state index contributed by atoms with van der Waals surface area (Å²) in [7, 11) is 1.52. The molecule has 0 aliphatic heterocycles. The van der Waals surface area contributed by atoms with Gasteiger partial charge in [0.2, 0.25) is 0 Å². The van der Waals surface area contributed by atoms with Gasteiger partial charge >= 0.3 is 0 Å². The van der Waals surface area contributed by atoms with Crippen LogP contribution in [0.2, 0.25) is 0 Å². The zero-order valence-electron chi connectivity index (χ0n) is 21.3. The van der Waals surface area contributed by atoms with Crippen molar-refractivity contribution in [1.29, 1.82) is 5.26 Å². The molecule has 8 heteroatoms. The number of benzene rings is 3. The molecule has 2 N–H and O–H groups in total. The van der Waals surface area contributed by atoms with Crippen LogP contribution < -0.4 is 24.8 Å². The molecule has 0 spiro atoms. The Bertz CT molecular complexity index is 1360. The largest absolute Gasteiger partial charge is 0.495 e. The lowest BCUT2D eigenvalue weighted by Gasteiger charge is -2.14. The molecule has 0 heterocycles. The van der Waals surface area contributed by atoms with Gasteiger partial charge in [-0.1, -0.05) is 35.9 Å². The van der Waals surface area contributed by atoms with E-state index in [9.17, 15) is 14.9 Å². The van der Waals surface area contributed by atoms with E-state index in [4.69, 9.17) is 14.2 Å². The van der Waals surface area contributed by atoms with Crippen molar-refractivity contribution in [3.8, 4) is 23.3 Å². The second kappa shape index (κ2) is 12.8. The number of rotatable bonds is 10. The lowest BCUT2D eigenvalue weighted by molar-refractivity contribution is -0.118. The number of nitrogens with one attached hydrogen (secondary N) is 2. The van der Waals surface area contributed by atoms with E-state index in [-0.39, 0.29) is 18.1 Å². The maximum absolute atomic E-state index is 12.7. The number of anilines is 2. The van der Waals surface area contributed by atoms with Gasteiger partial charge in [-0.25, -0.2) is 0 Å². The number of amides is 2. The summed E-state index contributed by atoms with van der Waals surface area (Å²) < 4.78 is 16.6. The van der Waals surface area contributed by atoms with E-state index in [1.807, 2.05) is 39.0 Å². The third-order valence-electron chi connectivity index (χ3n) is 5.31. The SMILES string of the molecule is CCOc1cc(/C=C(/C#N)C(=O)Nc2ccc(C)cc2C)ccc1OCC(=O)Nc1ccccc1OC. The van der Waals surface area contributed by atoms with Gasteiger partial charge < -0.3 is 24.8 Å². The highest BCUT2D eigenvalue weighted by Gasteiger charge is 2.14. The molecule has 3 aromatic rings. The fourth-order valence-electron chi connectivity index (χ4n) is 3.54. The number of aryl methyl sites for hydroxylation is 2. The first-order valence-corrected chi connectivity index (χ1v) is 11.7. The Balaban J connectivity index is 1.73. The number of hydrogen-bond acceptors (Lipinski definition) is 6. The predicted octanol–water partition coefficient (Wildman–Crippen LogP) is 5.27. The summed E-state index contributed by atoms with van der Waals surface area (Å²) in [6.07, 6.45) is 1.47. The quantitative estimate of drug-likeness (QED) is 0.290. The van der Waals surface area contributed by atoms with Gasteiger partial charge in [0.1, 0.15) is 17.4 Å². The number of carbonyl (C=O) groups is 2. The number of para-hydroxylation sites is 2. The smallest absolute Gasteiger partial charge is 0.266 e. The summed E-state index contributed by atoms with van der Waals surface area (Å²) in [6.45, 7) is 5.78. The molecule has 0 unspecified atom stereocenters. The molecular formula is C29H29N3O5. The molecule has 0 fully saturated rings. The van der Waals surface area contributed by atoms with E-state index in [0.717, 1.165) is 11.1 Å². The minimum Gasteiger partial charge on any atom is -0.495 e. The molecule has 3 rings (SSSR count). The van der Waals surface area contributed by atoms with Crippen LogP contribution in [-0.4, -0.2) is 32.1 Å². The Hall–Kier alpha value is -4.77. The van der Waals surface area contributed by atoms with Crippen LogP contribution in [0.5, 0.6) is 17.2 Å². The Kier molecular flexibility index (Phi) is 9.28. The van der Waals surface area contributed by atoms with Gasteiger partial charge in [0, 0.05) is 5.69 Å². The van der Waals surface area contributed by atoms with Crippen molar-refractivity contribution >= 4 is 29.3 Å². The maximum atomic E-state index is 12.7. The number of nitriles is 1. The minimum absolute atomic E-state index is 0.0627. The van der Waals surface area contributed by atoms with Crippen LogP contribution in [-0.2, 0) is 9.59 Å². The number of ether oxygens (including phenoxy) is 3. The third kappa shape index (κ3) is 7.36. The maximum Gasteiger partial charge on any atom is 0.266 e. The van der Waals surface area contributed by atoms with Gasteiger partial charge in [0.05, 0.1) is 19.4 Å². The highest BCUT2D eigenvalue weighted by molar-refractivity contribution is 6.10. The summed E-state index contributed by atoms with van der Waals surface area (Å²) in [6, 6.07) is 19.6. The first kappa shape index (κ1) is 26.8. The van der Waals surface area contributed by atoms with Crippen molar-refractivity contribution in [2.24, 2.45) is 0 Å². The fourth-order valence-corrected chi connectivity index (χ4v) is 3.54. The van der Waals surface area contributed by atoms with E-state index < -0.39 is 5.91 Å². The number of carbonyl (C=O) groups excluding carboxylic acids is 2. The highest BCUT2D eigenvalue weighted by atomic mass is 16.5. The van der Waals surface area contributed by atoms with E-state index in [2.05, 4.69) is 10.6 Å². The highest BCUT2D eigenvalue weighted by Crippen LogP contribution is 2.30. The summed E-state index contributed by atoms with van der Waals surface area (Å²) in [5, 5.41) is 15.1. The normalized spacial score (nSPS) is 10.7. The second-order valence-electron chi connectivity index (χ2n) is 8.12. The van der Waals surface area contributed by atoms with Crippen LogP contribution in [0.4, 0.5) is 11.4 Å². The minimum atomic E-state index is -0.513. The third-order valence-corrected chi connectivity index (χ3v) is 5.31. The molecule has 0 bridgehead atoms. The monoisotopic (exact) mass is 499 g/mol. The van der Waals surface area contributed by atoms with Gasteiger partial charge in [0.15, 0.2) is 18.1 Å². The van der Waals surface area contributed by atoms with Gasteiger partial charge in [-0.2, -0.15) is 5.26 Å². The first-order chi connectivity index (χ1) is 17.8. The van der Waals surface area contributed by atoms with Gasteiger partial charge in [-0.3, -0.25) is 9.59 Å². The summed E-state index contributed by atoms with van der Waals surface area (Å²) in [5.41, 5.74) is 3.66. The van der Waals surface area contributed by atoms with Crippen molar-refractivity contribution < 1.29 is 23.8 Å². The van der Waals surface area contributed by atoms with Crippen molar-refractivity contribution in [2.75, 3.05) is 31.0 Å². The molecule has 37 heavy (non-hydrogen) atoms. The Morgan fingerprint density at radius 3 is 2.41 bits per heavy atom. The van der Waals surface area contributed by atoms with Gasteiger partial charge in [-0.05, 0) is 68.3 Å². The molecule has 0 aromatic heterocycles. The van der Waals surface area contributed by atoms with Gasteiger partial charge in [0.25, 0.3) is 11.8 Å². The molecule has 0 aliphatic carbocycles. The Morgan fingerprint density at radius 2 is 1.70 bits per heavy atom. The Morgan fingerprint density at radius 1 is 0.919 bits per heavy atom. The topological polar surface area (TPSA) is 110 Å². The molecule has 0 saturated heterocycles. The molecule has 0 saturated carbocycles. The second-order valence-corrected chi connectivity index (χ2v) is 8.12.